The average Bonchev–Trinajstić information content (AvgIpc) is 3.29. The van der Waals surface area contributed by atoms with E-state index >= 15 is 0 Å². The summed E-state index contributed by atoms with van der Waals surface area (Å²) >= 11 is 0. The Kier molecular flexibility index (Phi) is 8.03. The second-order valence-electron chi connectivity index (χ2n) is 8.71. The molecule has 1 saturated carbocycles. The molecule has 0 bridgehead atoms. The second kappa shape index (κ2) is 10.3. The first-order chi connectivity index (χ1) is 13.2. The number of aryl methyl sites for hydroxylation is 1. The van der Waals surface area contributed by atoms with Crippen molar-refractivity contribution in [3.63, 3.8) is 0 Å². The van der Waals surface area contributed by atoms with Crippen LogP contribution in [0.15, 0.2) is 29.3 Å². The lowest BCUT2D eigenvalue weighted by molar-refractivity contribution is 0.198. The first-order valence-corrected chi connectivity index (χ1v) is 11.1. The Morgan fingerprint density at radius 3 is 2.68 bits per heavy atom. The van der Waals surface area contributed by atoms with Crippen molar-refractivity contribution in [2.24, 2.45) is 10.9 Å². The molecule has 3 atom stereocenters. The van der Waals surface area contributed by atoms with Gasteiger partial charge in [0.2, 0.25) is 0 Å². The van der Waals surface area contributed by atoms with Gasteiger partial charge in [0.25, 0.3) is 0 Å². The van der Waals surface area contributed by atoms with Gasteiger partial charge in [-0.1, -0.05) is 30.7 Å². The van der Waals surface area contributed by atoms with Crippen LogP contribution in [0, 0.1) is 12.8 Å². The SMILES string of the molecule is CCN=C(NC1CC1c1ccccc1C)N1CCC(CN2CCCCC2)C1.I. The molecular formula is C23H37IN4. The standard InChI is InChI=1S/C23H36N4.HI/c1-3-24-23(25-22-15-21(22)20-10-6-5-9-18(20)2)27-14-11-19(17-27)16-26-12-7-4-8-13-26;/h5-6,9-10,19,21-22H,3-4,7-8,11-17H2,1-2H3,(H,24,25);1H. The molecule has 0 aromatic heterocycles. The minimum atomic E-state index is 0. The number of halogens is 1. The van der Waals surface area contributed by atoms with Crippen molar-refractivity contribution in [3.05, 3.63) is 35.4 Å². The fourth-order valence-electron chi connectivity index (χ4n) is 4.93. The molecule has 3 aliphatic rings. The lowest BCUT2D eigenvalue weighted by Crippen LogP contribution is -2.42. The molecule has 0 amide bonds. The Morgan fingerprint density at radius 2 is 1.93 bits per heavy atom. The van der Waals surface area contributed by atoms with Crippen molar-refractivity contribution in [2.75, 3.05) is 39.3 Å². The third kappa shape index (κ3) is 5.41. The molecule has 1 aromatic carbocycles. The van der Waals surface area contributed by atoms with Crippen LogP contribution in [0.5, 0.6) is 0 Å². The van der Waals surface area contributed by atoms with Crippen LogP contribution in [0.1, 0.15) is 56.1 Å². The van der Waals surface area contributed by atoms with Gasteiger partial charge in [0.15, 0.2) is 5.96 Å². The minimum absolute atomic E-state index is 0. The number of nitrogens with zero attached hydrogens (tertiary/aromatic N) is 3. The van der Waals surface area contributed by atoms with Gasteiger partial charge in [0.05, 0.1) is 0 Å². The molecule has 156 valence electrons. The van der Waals surface area contributed by atoms with Gasteiger partial charge in [-0.15, -0.1) is 24.0 Å². The summed E-state index contributed by atoms with van der Waals surface area (Å²) in [5, 5.41) is 3.80. The Bertz CT molecular complexity index is 656. The number of aliphatic imine (C=N–C) groups is 1. The summed E-state index contributed by atoms with van der Waals surface area (Å²) in [5.74, 6) is 2.61. The number of guanidine groups is 1. The van der Waals surface area contributed by atoms with Crippen molar-refractivity contribution in [2.45, 2.75) is 57.9 Å². The molecule has 1 aliphatic carbocycles. The molecule has 2 saturated heterocycles. The maximum atomic E-state index is 4.84. The third-order valence-corrected chi connectivity index (χ3v) is 6.55. The molecular weight excluding hydrogens is 459 g/mol. The lowest BCUT2D eigenvalue weighted by Gasteiger charge is -2.29. The van der Waals surface area contributed by atoms with Gasteiger partial charge < -0.3 is 15.1 Å². The number of likely N-dealkylation sites (tertiary alicyclic amines) is 2. The normalized spacial score (nSPS) is 28.1. The Balaban J connectivity index is 0.00000225. The fourth-order valence-corrected chi connectivity index (χ4v) is 4.93. The van der Waals surface area contributed by atoms with E-state index in [2.05, 4.69) is 53.2 Å². The summed E-state index contributed by atoms with van der Waals surface area (Å²) in [6, 6.07) is 9.39. The smallest absolute Gasteiger partial charge is 0.194 e. The molecule has 4 nitrogen and oxygen atoms in total. The first-order valence-electron chi connectivity index (χ1n) is 11.1. The van der Waals surface area contributed by atoms with E-state index in [1.807, 2.05) is 0 Å². The first kappa shape index (κ1) is 21.9. The van der Waals surface area contributed by atoms with Gasteiger partial charge in [-0.2, -0.15) is 0 Å². The minimum Gasteiger partial charge on any atom is -0.353 e. The van der Waals surface area contributed by atoms with E-state index in [0.29, 0.717) is 12.0 Å². The van der Waals surface area contributed by atoms with E-state index < -0.39 is 0 Å². The van der Waals surface area contributed by atoms with Gasteiger partial charge in [0, 0.05) is 38.1 Å². The zero-order valence-electron chi connectivity index (χ0n) is 17.6. The van der Waals surface area contributed by atoms with Crippen LogP contribution in [0.3, 0.4) is 0 Å². The van der Waals surface area contributed by atoms with Gasteiger partial charge in [-0.3, -0.25) is 4.99 Å². The summed E-state index contributed by atoms with van der Waals surface area (Å²) in [6.45, 7) is 11.5. The van der Waals surface area contributed by atoms with Crippen molar-refractivity contribution in [3.8, 4) is 0 Å². The Hall–Kier alpha value is -0.820. The van der Waals surface area contributed by atoms with E-state index in [9.17, 15) is 0 Å². The number of piperidine rings is 1. The monoisotopic (exact) mass is 496 g/mol. The molecule has 1 N–H and O–H groups in total. The van der Waals surface area contributed by atoms with E-state index in [1.54, 1.807) is 0 Å². The van der Waals surface area contributed by atoms with Crippen molar-refractivity contribution in [1.82, 2.24) is 15.1 Å². The van der Waals surface area contributed by atoms with Crippen LogP contribution in [0.4, 0.5) is 0 Å². The highest BCUT2D eigenvalue weighted by Crippen LogP contribution is 2.42. The largest absolute Gasteiger partial charge is 0.353 e. The summed E-state index contributed by atoms with van der Waals surface area (Å²) in [5.41, 5.74) is 2.93. The second-order valence-corrected chi connectivity index (χ2v) is 8.71. The van der Waals surface area contributed by atoms with Crippen LogP contribution in [-0.4, -0.2) is 61.1 Å². The highest BCUT2D eigenvalue weighted by molar-refractivity contribution is 14.0. The van der Waals surface area contributed by atoms with Crippen molar-refractivity contribution >= 4 is 29.9 Å². The molecule has 4 rings (SSSR count). The highest BCUT2D eigenvalue weighted by atomic mass is 127. The van der Waals surface area contributed by atoms with Gasteiger partial charge in [0.1, 0.15) is 0 Å². The van der Waals surface area contributed by atoms with Crippen LogP contribution in [0.25, 0.3) is 0 Å². The summed E-state index contributed by atoms with van der Waals surface area (Å²) < 4.78 is 0. The topological polar surface area (TPSA) is 30.9 Å². The van der Waals surface area contributed by atoms with E-state index in [4.69, 9.17) is 4.99 Å². The van der Waals surface area contributed by atoms with Crippen LogP contribution < -0.4 is 5.32 Å². The summed E-state index contributed by atoms with van der Waals surface area (Å²) in [4.78, 5) is 10.0. The summed E-state index contributed by atoms with van der Waals surface area (Å²) in [7, 11) is 0. The molecule has 3 unspecified atom stereocenters. The maximum Gasteiger partial charge on any atom is 0.194 e. The highest BCUT2D eigenvalue weighted by Gasteiger charge is 2.41. The molecule has 2 heterocycles. The predicted molar refractivity (Wildman–Crippen MR) is 129 cm³/mol. The number of rotatable bonds is 5. The number of benzene rings is 1. The molecule has 28 heavy (non-hydrogen) atoms. The number of nitrogens with one attached hydrogen (secondary N) is 1. The van der Waals surface area contributed by atoms with E-state index in [-0.39, 0.29) is 24.0 Å². The Morgan fingerprint density at radius 1 is 1.14 bits per heavy atom. The molecule has 3 fully saturated rings. The maximum absolute atomic E-state index is 4.84. The van der Waals surface area contributed by atoms with Gasteiger partial charge >= 0.3 is 0 Å². The molecule has 1 aromatic rings. The predicted octanol–water partition coefficient (Wildman–Crippen LogP) is 4.24. The molecule has 0 radical (unpaired) electrons. The number of hydrogen-bond donors (Lipinski definition) is 1. The van der Waals surface area contributed by atoms with Crippen LogP contribution >= 0.6 is 24.0 Å². The third-order valence-electron chi connectivity index (χ3n) is 6.55. The van der Waals surface area contributed by atoms with Crippen molar-refractivity contribution in [1.29, 1.82) is 0 Å². The zero-order chi connectivity index (χ0) is 18.6. The van der Waals surface area contributed by atoms with Crippen LogP contribution in [0.2, 0.25) is 0 Å². The summed E-state index contributed by atoms with van der Waals surface area (Å²) in [6.07, 6.45) is 6.75. The van der Waals surface area contributed by atoms with Crippen molar-refractivity contribution < 1.29 is 0 Å². The molecule has 0 spiro atoms. The molecule has 5 heteroatoms. The van der Waals surface area contributed by atoms with Crippen LogP contribution in [-0.2, 0) is 0 Å². The fraction of sp³-hybridized carbons (Fsp3) is 0.696. The van der Waals surface area contributed by atoms with Gasteiger partial charge in [-0.25, -0.2) is 0 Å². The van der Waals surface area contributed by atoms with E-state index in [0.717, 1.165) is 25.0 Å². The zero-order valence-corrected chi connectivity index (χ0v) is 19.9. The Labute approximate surface area is 188 Å². The molecule has 2 aliphatic heterocycles. The average molecular weight is 496 g/mol. The lowest BCUT2D eigenvalue weighted by atomic mass is 10.0. The number of hydrogen-bond acceptors (Lipinski definition) is 2. The van der Waals surface area contributed by atoms with Gasteiger partial charge in [-0.05, 0) is 69.7 Å². The van der Waals surface area contributed by atoms with E-state index in [1.165, 1.54) is 69.4 Å². The quantitative estimate of drug-likeness (QED) is 0.376.